The van der Waals surface area contributed by atoms with E-state index in [9.17, 15) is 9.59 Å². The number of amides is 2. The lowest BCUT2D eigenvalue weighted by Crippen LogP contribution is -2.33. The van der Waals surface area contributed by atoms with Crippen LogP contribution in [0.5, 0.6) is 0 Å². The van der Waals surface area contributed by atoms with Crippen LogP contribution in [0.2, 0.25) is 0 Å². The van der Waals surface area contributed by atoms with Gasteiger partial charge in [-0.3, -0.25) is 39.5 Å². The molecule has 12 heteroatoms. The van der Waals surface area contributed by atoms with Crippen LogP contribution in [-0.4, -0.2) is 54.6 Å². The fourth-order valence-electron chi connectivity index (χ4n) is 7.89. The molecule has 0 saturated carbocycles. The Morgan fingerprint density at radius 1 is 0.550 bits per heavy atom. The number of hydrogen-bond donors (Lipinski definition) is 2. The van der Waals surface area contributed by atoms with Crippen molar-refractivity contribution in [2.75, 3.05) is 0 Å². The van der Waals surface area contributed by atoms with Gasteiger partial charge in [-0.15, -0.1) is 0 Å². The minimum atomic E-state index is -0.181. The molecule has 4 aliphatic rings. The van der Waals surface area contributed by atoms with Crippen LogP contribution < -0.4 is 10.6 Å². The van der Waals surface area contributed by atoms with Crippen molar-refractivity contribution in [3.8, 4) is 0 Å². The Balaban J connectivity index is 0.000000154. The summed E-state index contributed by atoms with van der Waals surface area (Å²) in [6.07, 6.45) is 8.16. The molecular formula is C48H42N10O2. The number of nitrogens with zero attached hydrogens (tertiary/aromatic N) is 8. The molecular weight excluding hydrogens is 749 g/mol. The van der Waals surface area contributed by atoms with E-state index in [4.69, 9.17) is 9.98 Å². The van der Waals surface area contributed by atoms with Gasteiger partial charge in [0.05, 0.1) is 59.4 Å². The molecule has 2 atom stereocenters. The molecule has 0 aliphatic carbocycles. The lowest BCUT2D eigenvalue weighted by molar-refractivity contribution is -0.116. The van der Waals surface area contributed by atoms with Crippen LogP contribution in [0.25, 0.3) is 0 Å². The smallest absolute Gasteiger partial charge is 0.266 e. The topological polar surface area (TPSA) is 159 Å². The number of fused-ring (bicyclic) bond motifs is 4. The molecule has 2 aromatic carbocycles. The normalized spacial score (nSPS) is 15.1. The highest BCUT2D eigenvalue weighted by molar-refractivity contribution is 6.41. The number of benzene rings is 2. The van der Waals surface area contributed by atoms with Crippen molar-refractivity contribution in [3.05, 3.63) is 177 Å². The Labute approximate surface area is 347 Å². The largest absolute Gasteiger partial charge is 0.343 e. The second kappa shape index (κ2) is 16.1. The third-order valence-corrected chi connectivity index (χ3v) is 11.0. The first-order valence-electron chi connectivity index (χ1n) is 20.0. The molecule has 0 bridgehead atoms. The first-order valence-corrected chi connectivity index (χ1v) is 20.0. The Morgan fingerprint density at radius 3 is 1.37 bits per heavy atom. The third kappa shape index (κ3) is 7.79. The molecule has 2 N–H and O–H groups in total. The number of rotatable bonds is 8. The second-order valence-corrected chi connectivity index (χ2v) is 15.3. The van der Waals surface area contributed by atoms with Crippen LogP contribution in [0.3, 0.4) is 0 Å². The quantitative estimate of drug-likeness (QED) is 0.165. The SMILES string of the molecule is Cc1cccc([C@@H](C)NC(=O)C2=Nc3cc4c(cc3C2)CN=C4c2ccncc2)n1.Cc1cccc([C@H](C)NC(=O)C2=Nc3cc4c(cc3C2)CN=C4c2ccncc2)n1. The van der Waals surface area contributed by atoms with Gasteiger partial charge >= 0.3 is 0 Å². The van der Waals surface area contributed by atoms with Crippen molar-refractivity contribution in [1.29, 1.82) is 0 Å². The molecule has 0 unspecified atom stereocenters. The van der Waals surface area contributed by atoms with Gasteiger partial charge in [0.15, 0.2) is 0 Å². The van der Waals surface area contributed by atoms with E-state index in [2.05, 4.69) is 64.8 Å². The molecule has 4 aromatic heterocycles. The van der Waals surface area contributed by atoms with Gasteiger partial charge in [-0.25, -0.2) is 9.98 Å². The molecule has 0 radical (unpaired) electrons. The van der Waals surface area contributed by atoms with Gasteiger partial charge in [0.1, 0.15) is 11.4 Å². The Hall–Kier alpha value is -7.34. The highest BCUT2D eigenvalue weighted by atomic mass is 16.2. The van der Waals surface area contributed by atoms with Crippen molar-refractivity contribution in [2.45, 2.75) is 65.7 Å². The molecule has 10 rings (SSSR count). The van der Waals surface area contributed by atoms with Crippen molar-refractivity contribution in [2.24, 2.45) is 20.0 Å². The van der Waals surface area contributed by atoms with Crippen LogP contribution in [0.1, 0.15) is 93.2 Å². The zero-order valence-electron chi connectivity index (χ0n) is 33.8. The average Bonchev–Trinajstić information content (AvgIpc) is 4.07. The highest BCUT2D eigenvalue weighted by Crippen LogP contribution is 2.36. The van der Waals surface area contributed by atoms with Gasteiger partial charge in [-0.2, -0.15) is 0 Å². The number of aliphatic imine (C=N–C) groups is 4. The predicted octanol–water partition coefficient (Wildman–Crippen LogP) is 7.28. The van der Waals surface area contributed by atoms with Gasteiger partial charge in [0, 0.05) is 71.3 Å². The number of aromatic nitrogens is 4. The average molecular weight is 791 g/mol. The highest BCUT2D eigenvalue weighted by Gasteiger charge is 2.28. The maximum Gasteiger partial charge on any atom is 0.266 e. The predicted molar refractivity (Wildman–Crippen MR) is 233 cm³/mol. The van der Waals surface area contributed by atoms with Crippen molar-refractivity contribution < 1.29 is 9.59 Å². The summed E-state index contributed by atoms with van der Waals surface area (Å²) in [4.78, 5) is 61.5. The van der Waals surface area contributed by atoms with Crippen LogP contribution in [0.15, 0.2) is 130 Å². The van der Waals surface area contributed by atoms with Crippen molar-refractivity contribution in [1.82, 2.24) is 30.6 Å². The number of pyridine rings is 4. The van der Waals surface area contributed by atoms with E-state index in [0.29, 0.717) is 37.4 Å². The van der Waals surface area contributed by atoms with E-state index < -0.39 is 0 Å². The monoisotopic (exact) mass is 790 g/mol. The van der Waals surface area contributed by atoms with Crippen LogP contribution >= 0.6 is 0 Å². The van der Waals surface area contributed by atoms with E-state index in [1.165, 1.54) is 11.1 Å². The fraction of sp³-hybridized carbons (Fsp3) is 0.208. The Bertz CT molecular complexity index is 2620. The van der Waals surface area contributed by atoms with E-state index >= 15 is 0 Å². The van der Waals surface area contributed by atoms with Gasteiger partial charge in [0.25, 0.3) is 11.8 Å². The maximum absolute atomic E-state index is 12.8. The molecule has 8 heterocycles. The van der Waals surface area contributed by atoms with Crippen LogP contribution in [0.4, 0.5) is 11.4 Å². The molecule has 6 aromatic rings. The molecule has 0 saturated heterocycles. The number of nitrogens with one attached hydrogen (secondary N) is 2. The third-order valence-electron chi connectivity index (χ3n) is 11.0. The first-order chi connectivity index (χ1) is 29.2. The summed E-state index contributed by atoms with van der Waals surface area (Å²) in [5.41, 5.74) is 17.0. The summed E-state index contributed by atoms with van der Waals surface area (Å²) in [5.74, 6) is -0.296. The number of aryl methyl sites for hydroxylation is 2. The van der Waals surface area contributed by atoms with Gasteiger partial charge in [0.2, 0.25) is 0 Å². The summed E-state index contributed by atoms with van der Waals surface area (Å²) < 4.78 is 0. The summed E-state index contributed by atoms with van der Waals surface area (Å²) in [7, 11) is 0. The Morgan fingerprint density at radius 2 is 0.967 bits per heavy atom. The number of carbonyl (C=O) groups is 2. The lowest BCUT2D eigenvalue weighted by Gasteiger charge is -2.13. The van der Waals surface area contributed by atoms with E-state index in [1.54, 1.807) is 24.8 Å². The van der Waals surface area contributed by atoms with Gasteiger partial charge in [-0.05, 0) is 111 Å². The van der Waals surface area contributed by atoms with Crippen LogP contribution in [-0.2, 0) is 35.5 Å². The second-order valence-electron chi connectivity index (χ2n) is 15.3. The standard InChI is InChI=1S/2C24H21N5O/c2*1-14-4-3-5-20(27-14)15(2)28-24(30)22-11-17-10-18-13-26-23(16-6-8-25-9-7-16)19(18)12-21(17)29-22/h2*3-10,12,15H,11,13H2,1-2H3,(H,28,30)/t2*15-/m10/s1. The molecule has 2 amide bonds. The molecule has 60 heavy (non-hydrogen) atoms. The lowest BCUT2D eigenvalue weighted by atomic mass is 9.97. The zero-order valence-corrected chi connectivity index (χ0v) is 33.8. The van der Waals surface area contributed by atoms with Gasteiger partial charge < -0.3 is 10.6 Å². The number of carbonyl (C=O) groups excluding carboxylic acids is 2. The maximum atomic E-state index is 12.8. The summed E-state index contributed by atoms with van der Waals surface area (Å²) in [5, 5.41) is 6.06. The van der Waals surface area contributed by atoms with Crippen molar-refractivity contribution in [3.63, 3.8) is 0 Å². The summed E-state index contributed by atoms with van der Waals surface area (Å²) >= 11 is 0. The van der Waals surface area contributed by atoms with E-state index in [0.717, 1.165) is 79.0 Å². The number of hydrogen-bond acceptors (Lipinski definition) is 10. The van der Waals surface area contributed by atoms with E-state index in [-0.39, 0.29) is 23.9 Å². The van der Waals surface area contributed by atoms with E-state index in [1.807, 2.05) is 88.4 Å². The van der Waals surface area contributed by atoms with Crippen LogP contribution in [0, 0.1) is 13.8 Å². The first kappa shape index (κ1) is 38.2. The summed E-state index contributed by atoms with van der Waals surface area (Å²) in [6, 6.07) is 27.5. The molecule has 0 spiro atoms. The molecule has 296 valence electrons. The zero-order chi connectivity index (χ0) is 41.3. The minimum absolute atomic E-state index is 0.148. The molecule has 12 nitrogen and oxygen atoms in total. The van der Waals surface area contributed by atoms with Gasteiger partial charge in [-0.1, -0.05) is 24.3 Å². The Kier molecular flexibility index (Phi) is 10.3. The molecule has 0 fully saturated rings. The summed E-state index contributed by atoms with van der Waals surface area (Å²) in [6.45, 7) is 9.06. The van der Waals surface area contributed by atoms with Crippen molar-refractivity contribution >= 4 is 46.0 Å². The fourth-order valence-corrected chi connectivity index (χ4v) is 7.89. The molecule has 4 aliphatic heterocycles. The minimum Gasteiger partial charge on any atom is -0.343 e.